The third kappa shape index (κ3) is 11.1. The van der Waals surface area contributed by atoms with Crippen LogP contribution in [-0.4, -0.2) is 74.2 Å². The first-order valence-electron chi connectivity index (χ1n) is 24.8. The molecule has 4 heterocycles. The van der Waals surface area contributed by atoms with Gasteiger partial charge in [-0.3, -0.25) is 28.8 Å². The maximum atomic E-state index is 15.6. The summed E-state index contributed by atoms with van der Waals surface area (Å²) in [5.41, 5.74) is 1.46. The zero-order chi connectivity index (χ0) is 56.3. The topological polar surface area (TPSA) is 210 Å². The van der Waals surface area contributed by atoms with E-state index in [4.69, 9.17) is 39.9 Å². The van der Waals surface area contributed by atoms with Crippen LogP contribution in [0.2, 0.25) is 15.1 Å². The fraction of sp³-hybridized carbons (Fsp3) is 0.0164. The number of nitrogens with zero attached hydrogens (tertiary/aromatic N) is 8. The van der Waals surface area contributed by atoms with Crippen molar-refractivity contribution in [3.8, 4) is 22.7 Å². The van der Waals surface area contributed by atoms with Crippen LogP contribution in [0.15, 0.2) is 207 Å². The summed E-state index contributed by atoms with van der Waals surface area (Å²) in [5, 5.41) is 28.3. The van der Waals surface area contributed by atoms with Gasteiger partial charge in [-0.1, -0.05) is 89.4 Å². The van der Waals surface area contributed by atoms with Crippen LogP contribution in [0.3, 0.4) is 0 Å². The number of carbonyl (C=O) groups excluding carboxylic acids is 6. The minimum Gasteiger partial charge on any atom is -0.321 e. The number of rotatable bonds is 16. The maximum absolute atomic E-state index is 15.6. The quantitative estimate of drug-likeness (QED) is 0.0779. The highest BCUT2D eigenvalue weighted by molar-refractivity contribution is 6.31. The van der Waals surface area contributed by atoms with Gasteiger partial charge in [-0.15, -0.1) is 0 Å². The first kappa shape index (κ1) is 52.7. The zero-order valence-electron chi connectivity index (χ0n) is 42.3. The number of benzene rings is 7. The summed E-state index contributed by atoms with van der Waals surface area (Å²) < 4.78 is 5.43. The molecule has 20 heteroatoms. The minimum absolute atomic E-state index is 0.0142. The molecule has 4 aromatic heterocycles. The molecule has 0 unspecified atom stereocenters. The fourth-order valence-electron chi connectivity index (χ4n) is 8.79. The molecule has 0 saturated heterocycles. The summed E-state index contributed by atoms with van der Waals surface area (Å²) in [4.78, 5) is 88.2. The molecular weight excluding hydrogens is 1090 g/mol. The zero-order valence-corrected chi connectivity index (χ0v) is 44.6. The molecule has 0 bridgehead atoms. The van der Waals surface area contributed by atoms with E-state index >= 15 is 9.59 Å². The van der Waals surface area contributed by atoms with Gasteiger partial charge in [0.2, 0.25) is 11.6 Å². The molecule has 7 aromatic carbocycles. The third-order valence-electron chi connectivity index (χ3n) is 12.8. The third-order valence-corrected chi connectivity index (χ3v) is 13.6. The molecule has 3 N–H and O–H groups in total. The fourth-order valence-corrected chi connectivity index (χ4v) is 9.17. The molecule has 81 heavy (non-hydrogen) atoms. The number of amides is 3. The molecule has 0 fully saturated rings. The van der Waals surface area contributed by atoms with E-state index < -0.39 is 40.8 Å². The van der Waals surface area contributed by atoms with Crippen LogP contribution in [0.4, 0.5) is 17.1 Å². The van der Waals surface area contributed by atoms with Crippen molar-refractivity contribution in [2.24, 2.45) is 0 Å². The Morgan fingerprint density at radius 1 is 0.358 bits per heavy atom. The van der Waals surface area contributed by atoms with Crippen molar-refractivity contribution in [1.29, 1.82) is 0 Å². The average Bonchev–Trinajstić information content (AvgIpc) is 4.41. The van der Waals surface area contributed by atoms with Crippen molar-refractivity contribution in [3.05, 3.63) is 278 Å². The Bertz CT molecular complexity index is 4220. The number of hydrogen-bond acceptors (Lipinski definition) is 10. The molecule has 396 valence electrons. The van der Waals surface area contributed by atoms with Gasteiger partial charge >= 0.3 is 0 Å². The van der Waals surface area contributed by atoms with E-state index in [1.54, 1.807) is 183 Å². The van der Waals surface area contributed by atoms with E-state index in [0.29, 0.717) is 49.2 Å². The van der Waals surface area contributed by atoms with Crippen molar-refractivity contribution in [2.45, 2.75) is 6.92 Å². The molecule has 0 aliphatic carbocycles. The van der Waals surface area contributed by atoms with Gasteiger partial charge in [-0.25, -0.2) is 18.7 Å². The highest BCUT2D eigenvalue weighted by atomic mass is 35.5. The van der Waals surface area contributed by atoms with E-state index in [2.05, 4.69) is 31.2 Å². The lowest BCUT2D eigenvalue weighted by Gasteiger charge is -2.08. The van der Waals surface area contributed by atoms with Crippen molar-refractivity contribution in [1.82, 2.24) is 39.1 Å². The minimum atomic E-state index is -0.884. The van der Waals surface area contributed by atoms with Gasteiger partial charge in [0.1, 0.15) is 5.69 Å². The Kier molecular flexibility index (Phi) is 14.7. The normalized spacial score (nSPS) is 11.0. The molecular formula is C61H40Cl3N11O6. The number of nitrogens with one attached hydrogen (secondary N) is 3. The lowest BCUT2D eigenvalue weighted by atomic mass is 9.97. The number of hydrogen-bond donors (Lipinski definition) is 3. The number of anilines is 3. The Labute approximate surface area is 476 Å². The second-order valence-electron chi connectivity index (χ2n) is 18.2. The predicted octanol–water partition coefficient (Wildman–Crippen LogP) is 12.1. The lowest BCUT2D eigenvalue weighted by Crippen LogP contribution is -2.19. The Hall–Kier alpha value is -10.3. The van der Waals surface area contributed by atoms with Crippen LogP contribution in [0.1, 0.15) is 85.1 Å². The van der Waals surface area contributed by atoms with Crippen LogP contribution in [-0.2, 0) is 0 Å². The maximum Gasteiger partial charge on any atom is 0.276 e. The smallest absolute Gasteiger partial charge is 0.276 e. The second kappa shape index (κ2) is 22.6. The van der Waals surface area contributed by atoms with E-state index in [9.17, 15) is 19.2 Å². The van der Waals surface area contributed by atoms with Crippen molar-refractivity contribution in [3.63, 3.8) is 0 Å². The number of carbonyl (C=O) groups is 6. The van der Waals surface area contributed by atoms with Gasteiger partial charge in [0.25, 0.3) is 17.7 Å². The van der Waals surface area contributed by atoms with Crippen molar-refractivity contribution in [2.75, 3.05) is 16.0 Å². The number of halogens is 3. The van der Waals surface area contributed by atoms with Crippen LogP contribution in [0, 0.1) is 6.92 Å². The average molecular weight is 1130 g/mol. The Morgan fingerprint density at radius 2 is 0.679 bits per heavy atom. The standard InChI is InChI=1S/C61H40Cl3N11O6/c1-36-51(57(77)49-34-73(45-29-21-39(63)22-30-45)69-53(49)60(80)66-42-13-7-3-8-14-42)55(58(78)50-35-74(46-31-23-40(64)24-32-46)70-54(50)61(81)67-43-15-9-4-10-16-43)71-75(36)47-25-17-37(18-26-47)56(76)48-33-72(44-27-19-38(62)20-28-44)68-52(48)59(79)65-41-11-5-2-6-12-41/h2-35H,1H3,(H,65,79)(H,66,80)(H,67,81). The number of aromatic nitrogens is 8. The van der Waals surface area contributed by atoms with E-state index in [0.717, 1.165) is 0 Å². The van der Waals surface area contributed by atoms with Gasteiger partial charge in [0.05, 0.1) is 50.7 Å². The van der Waals surface area contributed by atoms with Crippen LogP contribution >= 0.6 is 34.8 Å². The van der Waals surface area contributed by atoms with Gasteiger partial charge in [0, 0.05) is 56.3 Å². The first-order valence-corrected chi connectivity index (χ1v) is 25.9. The summed E-state index contributed by atoms with van der Waals surface area (Å²) in [6.45, 7) is 1.56. The largest absolute Gasteiger partial charge is 0.321 e. The molecule has 11 rings (SSSR count). The van der Waals surface area contributed by atoms with E-state index in [-0.39, 0.29) is 56.3 Å². The molecule has 3 amide bonds. The van der Waals surface area contributed by atoms with Gasteiger partial charge in [0.15, 0.2) is 22.9 Å². The van der Waals surface area contributed by atoms with Gasteiger partial charge in [-0.2, -0.15) is 20.4 Å². The van der Waals surface area contributed by atoms with Crippen LogP contribution in [0.25, 0.3) is 22.7 Å². The molecule has 11 aromatic rings. The lowest BCUT2D eigenvalue weighted by molar-refractivity contribution is 0.0981. The van der Waals surface area contributed by atoms with Crippen LogP contribution in [0.5, 0.6) is 0 Å². The summed E-state index contributed by atoms with van der Waals surface area (Å²) in [6.07, 6.45) is 4.19. The van der Waals surface area contributed by atoms with Crippen molar-refractivity contribution >= 4 is 86.9 Å². The molecule has 0 saturated carbocycles. The molecule has 0 radical (unpaired) electrons. The monoisotopic (exact) mass is 1130 g/mol. The first-order chi connectivity index (χ1) is 39.3. The number of ketones is 3. The summed E-state index contributed by atoms with van der Waals surface area (Å²) in [6, 6.07) is 51.8. The summed E-state index contributed by atoms with van der Waals surface area (Å²) >= 11 is 18.7. The van der Waals surface area contributed by atoms with Crippen molar-refractivity contribution < 1.29 is 28.8 Å². The van der Waals surface area contributed by atoms with Gasteiger partial charge < -0.3 is 16.0 Å². The van der Waals surface area contributed by atoms with Crippen LogP contribution < -0.4 is 16.0 Å². The molecule has 0 aliphatic heterocycles. The molecule has 17 nitrogen and oxygen atoms in total. The summed E-state index contributed by atoms with van der Waals surface area (Å²) in [7, 11) is 0. The van der Waals surface area contributed by atoms with E-state index in [1.165, 1.54) is 49.5 Å². The number of para-hydroxylation sites is 3. The predicted molar refractivity (Wildman–Crippen MR) is 308 cm³/mol. The molecule has 0 atom stereocenters. The highest BCUT2D eigenvalue weighted by Gasteiger charge is 2.35. The molecule has 0 spiro atoms. The van der Waals surface area contributed by atoms with E-state index in [1.807, 2.05) is 0 Å². The Morgan fingerprint density at radius 3 is 1.04 bits per heavy atom. The van der Waals surface area contributed by atoms with Gasteiger partial charge in [-0.05, 0) is 140 Å². The Balaban J connectivity index is 1.03. The SMILES string of the molecule is Cc1c(C(=O)c2cn(-c3ccc(Cl)cc3)nc2C(=O)Nc2ccccc2)c(C(=O)c2cn(-c3ccc(Cl)cc3)nc2C(=O)Nc2ccccc2)nn1-c1ccc(C(=O)c2cn(-c3ccc(Cl)cc3)nc2C(=O)Nc2ccccc2)cc1. The summed E-state index contributed by atoms with van der Waals surface area (Å²) in [5.74, 6) is -4.38. The molecule has 0 aliphatic rings. The second-order valence-corrected chi connectivity index (χ2v) is 19.5. The highest BCUT2D eigenvalue weighted by Crippen LogP contribution is 2.30.